The molecular weight excluding hydrogens is 325 g/mol. The van der Waals surface area contributed by atoms with Gasteiger partial charge in [0.05, 0.1) is 5.39 Å². The molecule has 0 radical (unpaired) electrons. The second-order valence-corrected chi connectivity index (χ2v) is 6.09. The van der Waals surface area contributed by atoms with Crippen molar-refractivity contribution in [2.75, 3.05) is 5.32 Å². The fraction of sp³-hybridized carbons (Fsp3) is 0. The topological polar surface area (TPSA) is 58.0 Å². The zero-order valence-electron chi connectivity index (χ0n) is 12.4. The van der Waals surface area contributed by atoms with Gasteiger partial charge < -0.3 is 10.4 Å². The van der Waals surface area contributed by atoms with Crippen LogP contribution in [0, 0.1) is 5.82 Å². The van der Waals surface area contributed by atoms with Gasteiger partial charge in [0.2, 0.25) is 0 Å². The van der Waals surface area contributed by atoms with Crippen LogP contribution in [0.5, 0.6) is 5.75 Å². The SMILES string of the molecule is Oc1ccc(Nc2ncnc3scc(-c4ccc(F)cc4)c23)cc1. The van der Waals surface area contributed by atoms with E-state index in [1.165, 1.54) is 29.8 Å². The molecule has 0 spiro atoms. The van der Waals surface area contributed by atoms with Crippen LogP contribution in [-0.4, -0.2) is 15.1 Å². The molecular formula is C18H12FN3OS. The molecule has 4 nitrogen and oxygen atoms in total. The average molecular weight is 337 g/mol. The van der Waals surface area contributed by atoms with E-state index in [1.54, 1.807) is 36.4 Å². The number of benzene rings is 2. The van der Waals surface area contributed by atoms with Gasteiger partial charge in [0.25, 0.3) is 0 Å². The Morgan fingerprint density at radius 3 is 2.46 bits per heavy atom. The van der Waals surface area contributed by atoms with E-state index >= 15 is 0 Å². The van der Waals surface area contributed by atoms with E-state index in [4.69, 9.17) is 0 Å². The average Bonchev–Trinajstić information content (AvgIpc) is 3.03. The summed E-state index contributed by atoms with van der Waals surface area (Å²) in [5, 5.41) is 15.5. The quantitative estimate of drug-likeness (QED) is 0.520. The second kappa shape index (κ2) is 5.90. The number of phenolic OH excluding ortho intramolecular Hbond substituents is 1. The first-order valence-electron chi connectivity index (χ1n) is 7.25. The molecule has 0 amide bonds. The number of hydrogen-bond donors (Lipinski definition) is 2. The highest BCUT2D eigenvalue weighted by Gasteiger charge is 2.13. The summed E-state index contributed by atoms with van der Waals surface area (Å²) in [7, 11) is 0. The Labute approximate surface area is 141 Å². The predicted molar refractivity (Wildman–Crippen MR) is 94.2 cm³/mol. The molecule has 24 heavy (non-hydrogen) atoms. The molecule has 0 saturated carbocycles. The van der Waals surface area contributed by atoms with E-state index in [0.717, 1.165) is 27.0 Å². The van der Waals surface area contributed by atoms with Gasteiger partial charge in [-0.05, 0) is 42.0 Å². The first kappa shape index (κ1) is 14.6. The first-order valence-corrected chi connectivity index (χ1v) is 8.13. The van der Waals surface area contributed by atoms with Crippen molar-refractivity contribution in [2.24, 2.45) is 0 Å². The van der Waals surface area contributed by atoms with Crippen LogP contribution in [0.3, 0.4) is 0 Å². The van der Waals surface area contributed by atoms with Gasteiger partial charge in [-0.3, -0.25) is 0 Å². The molecule has 0 aliphatic rings. The predicted octanol–water partition coefficient (Wildman–Crippen LogP) is 4.95. The van der Waals surface area contributed by atoms with E-state index in [1.807, 2.05) is 5.38 Å². The Hall–Kier alpha value is -2.99. The highest BCUT2D eigenvalue weighted by molar-refractivity contribution is 7.17. The highest BCUT2D eigenvalue weighted by atomic mass is 32.1. The zero-order valence-corrected chi connectivity index (χ0v) is 13.2. The number of halogens is 1. The second-order valence-electron chi connectivity index (χ2n) is 5.23. The number of anilines is 2. The standard InChI is InChI=1S/C18H12FN3OS/c19-12-3-1-11(2-4-12)15-9-24-18-16(15)17(20-10-21-18)22-13-5-7-14(23)8-6-13/h1-10,23H,(H,20,21,22). The first-order chi connectivity index (χ1) is 11.7. The summed E-state index contributed by atoms with van der Waals surface area (Å²) >= 11 is 1.52. The van der Waals surface area contributed by atoms with Crippen LogP contribution in [0.25, 0.3) is 21.3 Å². The van der Waals surface area contributed by atoms with Gasteiger partial charge in [0, 0.05) is 16.6 Å². The zero-order chi connectivity index (χ0) is 16.5. The van der Waals surface area contributed by atoms with Gasteiger partial charge in [-0.15, -0.1) is 11.3 Å². The molecule has 0 fully saturated rings. The van der Waals surface area contributed by atoms with Crippen LogP contribution < -0.4 is 5.32 Å². The smallest absolute Gasteiger partial charge is 0.143 e. The highest BCUT2D eigenvalue weighted by Crippen LogP contribution is 2.37. The lowest BCUT2D eigenvalue weighted by molar-refractivity contribution is 0.475. The summed E-state index contributed by atoms with van der Waals surface area (Å²) in [4.78, 5) is 9.52. The van der Waals surface area contributed by atoms with Crippen molar-refractivity contribution in [2.45, 2.75) is 0 Å². The number of thiophene rings is 1. The lowest BCUT2D eigenvalue weighted by atomic mass is 10.1. The minimum atomic E-state index is -0.267. The van der Waals surface area contributed by atoms with Crippen LogP contribution in [0.15, 0.2) is 60.2 Å². The molecule has 2 N–H and O–H groups in total. The molecule has 2 aromatic carbocycles. The third kappa shape index (κ3) is 2.68. The van der Waals surface area contributed by atoms with Gasteiger partial charge >= 0.3 is 0 Å². The van der Waals surface area contributed by atoms with Gasteiger partial charge in [0.15, 0.2) is 0 Å². The third-order valence-corrected chi connectivity index (χ3v) is 4.54. The van der Waals surface area contributed by atoms with Crippen LogP contribution in [-0.2, 0) is 0 Å². The fourth-order valence-electron chi connectivity index (χ4n) is 2.49. The van der Waals surface area contributed by atoms with Crippen molar-refractivity contribution < 1.29 is 9.50 Å². The fourth-order valence-corrected chi connectivity index (χ4v) is 3.41. The van der Waals surface area contributed by atoms with Gasteiger partial charge in [-0.1, -0.05) is 12.1 Å². The van der Waals surface area contributed by atoms with E-state index < -0.39 is 0 Å². The lowest BCUT2D eigenvalue weighted by Gasteiger charge is -2.08. The minimum Gasteiger partial charge on any atom is -0.508 e. The molecule has 0 aliphatic carbocycles. The number of nitrogens with one attached hydrogen (secondary N) is 1. The Balaban J connectivity index is 1.82. The summed E-state index contributed by atoms with van der Waals surface area (Å²) < 4.78 is 13.2. The number of phenols is 1. The summed E-state index contributed by atoms with van der Waals surface area (Å²) in [5.41, 5.74) is 2.67. The number of hydrogen-bond acceptors (Lipinski definition) is 5. The summed E-state index contributed by atoms with van der Waals surface area (Å²) in [6.45, 7) is 0. The van der Waals surface area contributed by atoms with E-state index in [0.29, 0.717) is 5.82 Å². The molecule has 4 rings (SSSR count). The van der Waals surface area contributed by atoms with Gasteiger partial charge in [-0.2, -0.15) is 0 Å². The molecule has 0 unspecified atom stereocenters. The van der Waals surface area contributed by atoms with Crippen molar-refractivity contribution in [1.29, 1.82) is 0 Å². The van der Waals surface area contributed by atoms with E-state index in [9.17, 15) is 9.50 Å². The van der Waals surface area contributed by atoms with Crippen LogP contribution in [0.1, 0.15) is 0 Å². The largest absolute Gasteiger partial charge is 0.508 e. The molecule has 0 aliphatic heterocycles. The Morgan fingerprint density at radius 2 is 1.71 bits per heavy atom. The molecule has 4 aromatic rings. The summed E-state index contributed by atoms with van der Waals surface area (Å²) in [5.74, 6) is 0.610. The summed E-state index contributed by atoms with van der Waals surface area (Å²) in [6.07, 6.45) is 1.51. The molecule has 2 aromatic heterocycles. The Bertz CT molecular complexity index is 997. The Morgan fingerprint density at radius 1 is 0.958 bits per heavy atom. The van der Waals surface area contributed by atoms with Crippen molar-refractivity contribution >= 4 is 33.1 Å². The number of fused-ring (bicyclic) bond motifs is 1. The molecule has 0 saturated heterocycles. The van der Waals surface area contributed by atoms with E-state index in [2.05, 4.69) is 15.3 Å². The van der Waals surface area contributed by atoms with E-state index in [-0.39, 0.29) is 11.6 Å². The molecule has 0 bridgehead atoms. The molecule has 0 atom stereocenters. The van der Waals surface area contributed by atoms with Crippen LogP contribution in [0.4, 0.5) is 15.9 Å². The van der Waals surface area contributed by atoms with Gasteiger partial charge in [-0.25, -0.2) is 14.4 Å². The van der Waals surface area contributed by atoms with Crippen molar-refractivity contribution in [3.8, 4) is 16.9 Å². The van der Waals surface area contributed by atoms with Crippen molar-refractivity contribution in [1.82, 2.24) is 9.97 Å². The maximum absolute atomic E-state index is 13.2. The number of rotatable bonds is 3. The Kier molecular flexibility index (Phi) is 3.59. The van der Waals surface area contributed by atoms with Crippen molar-refractivity contribution in [3.63, 3.8) is 0 Å². The summed E-state index contributed by atoms with van der Waals surface area (Å²) in [6, 6.07) is 13.1. The van der Waals surface area contributed by atoms with Gasteiger partial charge in [0.1, 0.15) is 28.5 Å². The number of nitrogens with zero attached hydrogens (tertiary/aromatic N) is 2. The van der Waals surface area contributed by atoms with Crippen molar-refractivity contribution in [3.05, 3.63) is 66.1 Å². The molecule has 118 valence electrons. The lowest BCUT2D eigenvalue weighted by Crippen LogP contribution is -1.95. The molecule has 2 heterocycles. The third-order valence-electron chi connectivity index (χ3n) is 3.66. The molecule has 6 heteroatoms. The number of aromatic nitrogens is 2. The maximum atomic E-state index is 13.2. The number of aromatic hydroxyl groups is 1. The monoisotopic (exact) mass is 337 g/mol. The normalized spacial score (nSPS) is 10.9. The minimum absolute atomic E-state index is 0.205. The van der Waals surface area contributed by atoms with Crippen LogP contribution in [0.2, 0.25) is 0 Å². The maximum Gasteiger partial charge on any atom is 0.143 e. The van der Waals surface area contributed by atoms with Crippen LogP contribution >= 0.6 is 11.3 Å².